The lowest BCUT2D eigenvalue weighted by molar-refractivity contribution is 0.461. The first-order chi connectivity index (χ1) is 10.3. The number of para-hydroxylation sites is 1. The maximum atomic E-state index is 5.95. The second kappa shape index (κ2) is 6.54. The molecule has 112 valence electrons. The van der Waals surface area contributed by atoms with Crippen molar-refractivity contribution in [2.24, 2.45) is 0 Å². The number of ether oxygens (including phenoxy) is 1. The topological polar surface area (TPSA) is 47.0 Å². The molecule has 1 aromatic carbocycles. The van der Waals surface area contributed by atoms with Crippen molar-refractivity contribution in [2.45, 2.75) is 51.6 Å². The Labute approximate surface area is 129 Å². The quantitative estimate of drug-likeness (QED) is 0.836. The smallest absolute Gasteiger partial charge is 0.299 e. The predicted octanol–water partition coefficient (Wildman–Crippen LogP) is 4.10. The van der Waals surface area contributed by atoms with Crippen molar-refractivity contribution >= 4 is 11.3 Å². The second-order valence-corrected chi connectivity index (χ2v) is 6.59. The zero-order chi connectivity index (χ0) is 14.7. The van der Waals surface area contributed by atoms with Gasteiger partial charge in [0.1, 0.15) is 10.8 Å². The van der Waals surface area contributed by atoms with Crippen molar-refractivity contribution in [1.82, 2.24) is 15.5 Å². The lowest BCUT2D eigenvalue weighted by atomic mass is 9.98. The molecule has 4 nitrogen and oxygen atoms in total. The summed E-state index contributed by atoms with van der Waals surface area (Å²) >= 11 is 1.52. The number of hydrogen-bond donors (Lipinski definition) is 1. The number of hydrogen-bond acceptors (Lipinski definition) is 5. The number of benzene rings is 1. The third-order valence-corrected chi connectivity index (χ3v) is 4.63. The van der Waals surface area contributed by atoms with Crippen LogP contribution in [0.4, 0.5) is 0 Å². The van der Waals surface area contributed by atoms with Crippen molar-refractivity contribution in [3.63, 3.8) is 0 Å². The van der Waals surface area contributed by atoms with Crippen molar-refractivity contribution in [3.8, 4) is 10.9 Å². The molecule has 1 N–H and O–H groups in total. The van der Waals surface area contributed by atoms with Gasteiger partial charge in [0.15, 0.2) is 0 Å². The van der Waals surface area contributed by atoms with Gasteiger partial charge in [-0.2, -0.15) is 0 Å². The van der Waals surface area contributed by atoms with E-state index in [1.165, 1.54) is 29.7 Å². The summed E-state index contributed by atoms with van der Waals surface area (Å²) in [6, 6.07) is 8.87. The molecule has 0 radical (unpaired) electrons. The highest BCUT2D eigenvalue weighted by Crippen LogP contribution is 2.33. The highest BCUT2D eigenvalue weighted by atomic mass is 32.1. The Hall–Kier alpha value is -1.46. The van der Waals surface area contributed by atoms with E-state index in [1.54, 1.807) is 0 Å². The van der Waals surface area contributed by atoms with Gasteiger partial charge in [-0.05, 0) is 36.8 Å². The molecule has 1 aliphatic carbocycles. The fraction of sp³-hybridized carbons (Fsp3) is 0.500. The fourth-order valence-corrected chi connectivity index (χ4v) is 2.82. The molecular formula is C16H21N3OS. The van der Waals surface area contributed by atoms with Crippen LogP contribution in [0.3, 0.4) is 0 Å². The molecule has 0 saturated heterocycles. The largest absolute Gasteiger partial charge is 0.429 e. The van der Waals surface area contributed by atoms with Crippen molar-refractivity contribution in [2.75, 3.05) is 0 Å². The van der Waals surface area contributed by atoms with Gasteiger partial charge in [0.2, 0.25) is 0 Å². The Morgan fingerprint density at radius 3 is 2.90 bits per heavy atom. The molecular weight excluding hydrogens is 282 g/mol. The highest BCUT2D eigenvalue weighted by molar-refractivity contribution is 7.13. The van der Waals surface area contributed by atoms with Crippen LogP contribution in [0.2, 0.25) is 0 Å². The van der Waals surface area contributed by atoms with Gasteiger partial charge in [-0.15, -0.1) is 5.10 Å². The third kappa shape index (κ3) is 3.80. The van der Waals surface area contributed by atoms with Gasteiger partial charge in [0, 0.05) is 6.04 Å². The standard InChI is InChI=1S/C16H21N3OS/c1-3-11(2)13-6-4-5-7-14(13)20-16-19-18-15(21-16)10-17-12-8-9-12/h4-7,11-12,17H,3,8-10H2,1-2H3. The summed E-state index contributed by atoms with van der Waals surface area (Å²) in [5.41, 5.74) is 1.23. The molecule has 21 heavy (non-hydrogen) atoms. The van der Waals surface area contributed by atoms with Crippen molar-refractivity contribution < 1.29 is 4.74 Å². The molecule has 1 heterocycles. The van der Waals surface area contributed by atoms with E-state index in [0.29, 0.717) is 17.2 Å². The van der Waals surface area contributed by atoms with Crippen LogP contribution in [0.15, 0.2) is 24.3 Å². The van der Waals surface area contributed by atoms with E-state index >= 15 is 0 Å². The highest BCUT2D eigenvalue weighted by Gasteiger charge is 2.21. The summed E-state index contributed by atoms with van der Waals surface area (Å²) in [5.74, 6) is 1.37. The van der Waals surface area contributed by atoms with Gasteiger partial charge < -0.3 is 10.1 Å². The average Bonchev–Trinajstić information content (AvgIpc) is 3.24. The number of rotatable bonds is 7. The molecule has 0 amide bonds. The van der Waals surface area contributed by atoms with E-state index in [0.717, 1.165) is 23.7 Å². The van der Waals surface area contributed by atoms with Gasteiger partial charge in [0.05, 0.1) is 6.54 Å². The first-order valence-corrected chi connectivity index (χ1v) is 8.40. The minimum Gasteiger partial charge on any atom is -0.429 e. The number of aromatic nitrogens is 2. The summed E-state index contributed by atoms with van der Waals surface area (Å²) in [6.45, 7) is 5.19. The Kier molecular flexibility index (Phi) is 4.51. The Morgan fingerprint density at radius 1 is 1.33 bits per heavy atom. The maximum absolute atomic E-state index is 5.95. The van der Waals surface area contributed by atoms with Crippen LogP contribution in [0, 0.1) is 0 Å². The van der Waals surface area contributed by atoms with E-state index in [-0.39, 0.29) is 0 Å². The van der Waals surface area contributed by atoms with Crippen LogP contribution >= 0.6 is 11.3 Å². The van der Waals surface area contributed by atoms with Crippen LogP contribution in [0.1, 0.15) is 49.6 Å². The van der Waals surface area contributed by atoms with Crippen LogP contribution < -0.4 is 10.1 Å². The molecule has 3 rings (SSSR count). The second-order valence-electron chi connectivity index (χ2n) is 5.57. The lowest BCUT2D eigenvalue weighted by Crippen LogP contribution is -2.14. The fourth-order valence-electron chi connectivity index (χ4n) is 2.16. The average molecular weight is 303 g/mol. The van der Waals surface area contributed by atoms with Gasteiger partial charge >= 0.3 is 0 Å². The van der Waals surface area contributed by atoms with Crippen LogP contribution in [-0.4, -0.2) is 16.2 Å². The Balaban J connectivity index is 1.68. The number of nitrogens with zero attached hydrogens (tertiary/aromatic N) is 2. The van der Waals surface area contributed by atoms with Crippen molar-refractivity contribution in [1.29, 1.82) is 0 Å². The molecule has 5 heteroatoms. The molecule has 1 aliphatic rings. The monoisotopic (exact) mass is 303 g/mol. The molecule has 0 aliphatic heterocycles. The molecule has 1 saturated carbocycles. The summed E-state index contributed by atoms with van der Waals surface area (Å²) in [4.78, 5) is 0. The van der Waals surface area contributed by atoms with Crippen LogP contribution in [-0.2, 0) is 6.54 Å². The zero-order valence-corrected chi connectivity index (χ0v) is 13.3. The molecule has 1 aromatic heterocycles. The molecule has 1 fully saturated rings. The Bertz CT molecular complexity index is 595. The first-order valence-electron chi connectivity index (χ1n) is 7.58. The zero-order valence-electron chi connectivity index (χ0n) is 12.5. The minimum absolute atomic E-state index is 0.477. The van der Waals surface area contributed by atoms with E-state index in [1.807, 2.05) is 12.1 Å². The summed E-state index contributed by atoms with van der Waals surface area (Å²) in [5, 5.41) is 13.4. The van der Waals surface area contributed by atoms with Gasteiger partial charge in [-0.25, -0.2) is 0 Å². The minimum atomic E-state index is 0.477. The van der Waals surface area contributed by atoms with E-state index in [2.05, 4.69) is 41.5 Å². The lowest BCUT2D eigenvalue weighted by Gasteiger charge is -2.13. The van der Waals surface area contributed by atoms with Crippen molar-refractivity contribution in [3.05, 3.63) is 34.8 Å². The van der Waals surface area contributed by atoms with Crippen LogP contribution in [0.5, 0.6) is 10.9 Å². The third-order valence-electron chi connectivity index (χ3n) is 3.83. The van der Waals surface area contributed by atoms with Gasteiger partial charge in [-0.3, -0.25) is 0 Å². The normalized spacial score (nSPS) is 15.9. The van der Waals surface area contributed by atoms with E-state index in [9.17, 15) is 0 Å². The summed E-state index contributed by atoms with van der Waals surface area (Å²) < 4.78 is 5.95. The summed E-state index contributed by atoms with van der Waals surface area (Å²) in [6.07, 6.45) is 3.65. The molecule has 1 atom stereocenters. The first kappa shape index (κ1) is 14.5. The Morgan fingerprint density at radius 2 is 2.14 bits per heavy atom. The molecule has 0 spiro atoms. The molecule has 1 unspecified atom stereocenters. The SMILES string of the molecule is CCC(C)c1ccccc1Oc1nnc(CNC2CC2)s1. The van der Waals surface area contributed by atoms with Gasteiger partial charge in [-0.1, -0.05) is 48.5 Å². The number of nitrogens with one attached hydrogen (secondary N) is 1. The van der Waals surface area contributed by atoms with E-state index in [4.69, 9.17) is 4.74 Å². The predicted molar refractivity (Wildman–Crippen MR) is 85.0 cm³/mol. The van der Waals surface area contributed by atoms with Crippen LogP contribution in [0.25, 0.3) is 0 Å². The maximum Gasteiger partial charge on any atom is 0.299 e. The molecule has 0 bridgehead atoms. The summed E-state index contributed by atoms with van der Waals surface area (Å²) in [7, 11) is 0. The van der Waals surface area contributed by atoms with E-state index < -0.39 is 0 Å². The molecule has 2 aromatic rings. The van der Waals surface area contributed by atoms with Gasteiger partial charge in [0.25, 0.3) is 5.19 Å².